The molecule has 17 heavy (non-hydrogen) atoms. The van der Waals surface area contributed by atoms with Gasteiger partial charge in [-0.1, -0.05) is 0 Å². The van der Waals surface area contributed by atoms with Gasteiger partial charge in [0.1, 0.15) is 5.78 Å². The van der Waals surface area contributed by atoms with E-state index in [9.17, 15) is 4.79 Å². The van der Waals surface area contributed by atoms with Gasteiger partial charge in [-0.2, -0.15) is 0 Å². The lowest BCUT2D eigenvalue weighted by molar-refractivity contribution is -0.123. The molecule has 0 aromatic carbocycles. The van der Waals surface area contributed by atoms with Crippen LogP contribution in [0.5, 0.6) is 0 Å². The zero-order valence-corrected chi connectivity index (χ0v) is 10.9. The van der Waals surface area contributed by atoms with Crippen LogP contribution < -0.4 is 0 Å². The summed E-state index contributed by atoms with van der Waals surface area (Å²) in [5.41, 5.74) is 0. The van der Waals surface area contributed by atoms with Crippen LogP contribution in [0.15, 0.2) is 0 Å². The Morgan fingerprint density at radius 3 is 2.35 bits per heavy atom. The van der Waals surface area contributed by atoms with E-state index in [0.717, 1.165) is 12.8 Å². The first kappa shape index (κ1) is 11.7. The molecule has 0 radical (unpaired) electrons. The fourth-order valence-corrected chi connectivity index (χ4v) is 3.96. The Bertz CT molecular complexity index is 283. The highest BCUT2D eigenvalue weighted by Crippen LogP contribution is 2.34. The zero-order valence-electron chi connectivity index (χ0n) is 10.9. The summed E-state index contributed by atoms with van der Waals surface area (Å²) >= 11 is 0. The van der Waals surface area contributed by atoms with Crippen molar-refractivity contribution >= 4 is 5.78 Å². The smallest absolute Gasteiger partial charge is 0.136 e. The fraction of sp³-hybridized carbons (Fsp3) is 0.929. The maximum absolute atomic E-state index is 11.6. The molecule has 3 nitrogen and oxygen atoms in total. The zero-order chi connectivity index (χ0) is 11.8. The largest absolute Gasteiger partial charge is 0.300 e. The minimum absolute atomic E-state index is 0.502. The molecule has 3 unspecified atom stereocenters. The molecular weight excluding hydrogens is 212 g/mol. The Hall–Kier alpha value is -0.410. The lowest BCUT2D eigenvalue weighted by Crippen LogP contribution is -2.49. The van der Waals surface area contributed by atoms with Gasteiger partial charge in [0.05, 0.1) is 0 Å². The van der Waals surface area contributed by atoms with E-state index in [1.54, 1.807) is 0 Å². The topological polar surface area (TPSA) is 23.6 Å². The number of ketones is 1. The molecule has 0 aliphatic carbocycles. The van der Waals surface area contributed by atoms with Crippen molar-refractivity contribution in [1.29, 1.82) is 0 Å². The standard InChI is InChI=1S/C14H24N2O/c1-11(15-6-2-3-7-15)10-16-12-4-5-13(16)9-14(17)8-12/h11-13H,2-10H2,1H3. The van der Waals surface area contributed by atoms with Crippen molar-refractivity contribution in [3.63, 3.8) is 0 Å². The van der Waals surface area contributed by atoms with E-state index in [0.29, 0.717) is 23.9 Å². The van der Waals surface area contributed by atoms with E-state index in [-0.39, 0.29) is 0 Å². The average molecular weight is 236 g/mol. The fourth-order valence-electron chi connectivity index (χ4n) is 3.96. The third-order valence-corrected chi connectivity index (χ3v) is 4.94. The van der Waals surface area contributed by atoms with E-state index in [2.05, 4.69) is 16.7 Å². The quantitative estimate of drug-likeness (QED) is 0.744. The molecule has 0 spiro atoms. The molecular formula is C14H24N2O. The SMILES string of the molecule is CC(CN1C2CCC1CC(=O)C2)N1CCCC1. The summed E-state index contributed by atoms with van der Waals surface area (Å²) in [5, 5.41) is 0. The summed E-state index contributed by atoms with van der Waals surface area (Å²) in [7, 11) is 0. The lowest BCUT2D eigenvalue weighted by atomic mass is 10.0. The highest BCUT2D eigenvalue weighted by Gasteiger charge is 2.40. The molecule has 3 heterocycles. The first-order valence-corrected chi connectivity index (χ1v) is 7.25. The molecule has 2 bridgehead atoms. The number of hydrogen-bond acceptors (Lipinski definition) is 3. The van der Waals surface area contributed by atoms with Crippen LogP contribution in [0.25, 0.3) is 0 Å². The van der Waals surface area contributed by atoms with Gasteiger partial charge in [0.25, 0.3) is 0 Å². The number of carbonyl (C=O) groups is 1. The van der Waals surface area contributed by atoms with Crippen molar-refractivity contribution in [2.45, 2.75) is 63.6 Å². The Kier molecular flexibility index (Phi) is 3.22. The Labute approximate surface area is 104 Å². The Morgan fingerprint density at radius 1 is 1.18 bits per heavy atom. The van der Waals surface area contributed by atoms with Gasteiger partial charge < -0.3 is 0 Å². The van der Waals surface area contributed by atoms with Crippen molar-refractivity contribution in [2.75, 3.05) is 19.6 Å². The minimum atomic E-state index is 0.502. The third kappa shape index (κ3) is 2.27. The van der Waals surface area contributed by atoms with Crippen molar-refractivity contribution < 1.29 is 4.79 Å². The van der Waals surface area contributed by atoms with E-state index >= 15 is 0 Å². The molecule has 0 N–H and O–H groups in total. The predicted molar refractivity (Wildman–Crippen MR) is 68.0 cm³/mol. The molecule has 0 saturated carbocycles. The van der Waals surface area contributed by atoms with Gasteiger partial charge in [0.15, 0.2) is 0 Å². The molecule has 3 aliphatic heterocycles. The van der Waals surface area contributed by atoms with Gasteiger partial charge >= 0.3 is 0 Å². The molecule has 0 amide bonds. The first-order valence-electron chi connectivity index (χ1n) is 7.25. The van der Waals surface area contributed by atoms with Gasteiger partial charge in [-0.15, -0.1) is 0 Å². The number of fused-ring (bicyclic) bond motifs is 2. The summed E-state index contributed by atoms with van der Waals surface area (Å²) in [6, 6.07) is 1.83. The maximum Gasteiger partial charge on any atom is 0.136 e. The highest BCUT2D eigenvalue weighted by atomic mass is 16.1. The van der Waals surface area contributed by atoms with Crippen LogP contribution in [0.4, 0.5) is 0 Å². The summed E-state index contributed by atoms with van der Waals surface area (Å²) in [6.07, 6.45) is 6.89. The van der Waals surface area contributed by atoms with Gasteiger partial charge in [0.2, 0.25) is 0 Å². The average Bonchev–Trinajstić information content (AvgIpc) is 2.88. The first-order chi connectivity index (χ1) is 8.24. The van der Waals surface area contributed by atoms with Crippen LogP contribution >= 0.6 is 0 Å². The van der Waals surface area contributed by atoms with E-state index < -0.39 is 0 Å². The number of Topliss-reactive ketones (excluding diaryl/α,β-unsaturated/α-hetero) is 1. The summed E-state index contributed by atoms with van der Waals surface area (Å²) in [4.78, 5) is 16.8. The van der Waals surface area contributed by atoms with Crippen LogP contribution in [0, 0.1) is 0 Å². The number of likely N-dealkylation sites (tertiary alicyclic amines) is 1. The van der Waals surface area contributed by atoms with Crippen LogP contribution in [0.3, 0.4) is 0 Å². The monoisotopic (exact) mass is 236 g/mol. The molecule has 3 atom stereocenters. The second kappa shape index (κ2) is 4.69. The lowest BCUT2D eigenvalue weighted by Gasteiger charge is -2.38. The van der Waals surface area contributed by atoms with Crippen LogP contribution in [0.1, 0.15) is 45.4 Å². The highest BCUT2D eigenvalue weighted by molar-refractivity contribution is 5.80. The summed E-state index contributed by atoms with van der Waals surface area (Å²) in [6.45, 7) is 6.11. The van der Waals surface area contributed by atoms with Gasteiger partial charge in [-0.25, -0.2) is 0 Å². The molecule has 3 heteroatoms. The van der Waals surface area contributed by atoms with Crippen molar-refractivity contribution in [3.8, 4) is 0 Å². The molecule has 3 aliphatic rings. The molecule has 0 aromatic heterocycles. The van der Waals surface area contributed by atoms with Crippen molar-refractivity contribution in [3.05, 3.63) is 0 Å². The maximum atomic E-state index is 11.6. The number of hydrogen-bond donors (Lipinski definition) is 0. The summed E-state index contributed by atoms with van der Waals surface area (Å²) in [5.74, 6) is 0.502. The molecule has 3 fully saturated rings. The van der Waals surface area contributed by atoms with E-state index in [4.69, 9.17) is 0 Å². The van der Waals surface area contributed by atoms with Gasteiger partial charge in [-0.3, -0.25) is 14.6 Å². The van der Waals surface area contributed by atoms with Crippen molar-refractivity contribution in [1.82, 2.24) is 9.80 Å². The minimum Gasteiger partial charge on any atom is -0.300 e. The van der Waals surface area contributed by atoms with Crippen LogP contribution in [0.2, 0.25) is 0 Å². The van der Waals surface area contributed by atoms with Crippen LogP contribution in [-0.4, -0.2) is 53.3 Å². The van der Waals surface area contributed by atoms with E-state index in [1.807, 2.05) is 0 Å². The third-order valence-electron chi connectivity index (χ3n) is 4.94. The second-order valence-electron chi connectivity index (χ2n) is 6.12. The number of nitrogens with zero attached hydrogens (tertiary/aromatic N) is 2. The van der Waals surface area contributed by atoms with Crippen LogP contribution in [-0.2, 0) is 4.79 Å². The van der Waals surface area contributed by atoms with Gasteiger partial charge in [0, 0.05) is 37.5 Å². The van der Waals surface area contributed by atoms with E-state index in [1.165, 1.54) is 45.3 Å². The molecule has 3 rings (SSSR count). The summed E-state index contributed by atoms with van der Waals surface area (Å²) < 4.78 is 0. The number of rotatable bonds is 3. The van der Waals surface area contributed by atoms with Gasteiger partial charge in [-0.05, 0) is 45.7 Å². The normalized spacial score (nSPS) is 36.6. The molecule has 96 valence electrons. The Balaban J connectivity index is 1.60. The number of piperidine rings is 1. The Morgan fingerprint density at radius 2 is 1.76 bits per heavy atom. The molecule has 3 saturated heterocycles. The second-order valence-corrected chi connectivity index (χ2v) is 6.12. The predicted octanol–water partition coefficient (Wildman–Crippen LogP) is 1.67. The molecule has 0 aromatic rings. The van der Waals surface area contributed by atoms with Crippen molar-refractivity contribution in [2.24, 2.45) is 0 Å². The number of carbonyl (C=O) groups excluding carboxylic acids is 1.